The summed E-state index contributed by atoms with van der Waals surface area (Å²) in [6.07, 6.45) is 5.63. The Bertz CT molecular complexity index is 1510. The summed E-state index contributed by atoms with van der Waals surface area (Å²) in [6.45, 7) is 2.61. The van der Waals surface area contributed by atoms with Gasteiger partial charge in [-0.25, -0.2) is 9.97 Å². The van der Waals surface area contributed by atoms with Gasteiger partial charge in [-0.3, -0.25) is 4.79 Å². The minimum Gasteiger partial charge on any atom is -0.494 e. The Morgan fingerprint density at radius 1 is 1.21 bits per heavy atom. The maximum Gasteiger partial charge on any atom is 0.252 e. The molecule has 0 radical (unpaired) electrons. The number of primary amides is 1. The number of nitrogens with zero attached hydrogens (tertiary/aromatic N) is 5. The summed E-state index contributed by atoms with van der Waals surface area (Å²) in [5, 5.41) is 4.28. The molecule has 38 heavy (non-hydrogen) atoms. The van der Waals surface area contributed by atoms with E-state index in [9.17, 15) is 4.79 Å². The Morgan fingerprint density at radius 3 is 2.76 bits per heavy atom. The second-order valence-electron chi connectivity index (χ2n) is 9.93. The molecular weight excluding hydrogens is 480 g/mol. The average molecular weight is 515 g/mol. The van der Waals surface area contributed by atoms with Crippen LogP contribution >= 0.6 is 0 Å². The van der Waals surface area contributed by atoms with E-state index < -0.39 is 5.91 Å². The molecule has 2 aromatic carbocycles. The second kappa shape index (κ2) is 10.2. The number of aromatic nitrogens is 3. The van der Waals surface area contributed by atoms with Crippen molar-refractivity contribution in [2.45, 2.75) is 19.4 Å². The molecule has 198 valence electrons. The van der Waals surface area contributed by atoms with E-state index in [2.05, 4.69) is 43.0 Å². The molecule has 10 heteroatoms. The lowest BCUT2D eigenvalue weighted by Crippen LogP contribution is -2.29. The van der Waals surface area contributed by atoms with Crippen molar-refractivity contribution in [2.75, 3.05) is 57.3 Å². The number of aryl methyl sites for hydroxylation is 2. The number of hydrogen-bond acceptors (Lipinski definition) is 8. The maximum atomic E-state index is 12.4. The van der Waals surface area contributed by atoms with Gasteiger partial charge in [-0.2, -0.15) is 0 Å². The second-order valence-corrected chi connectivity index (χ2v) is 9.93. The number of methoxy groups -OCH3 is 1. The third-order valence-corrected chi connectivity index (χ3v) is 7.03. The van der Waals surface area contributed by atoms with E-state index in [4.69, 9.17) is 21.2 Å². The lowest BCUT2D eigenvalue weighted by Gasteiger charge is -2.24. The normalized spacial score (nSPS) is 12.7. The predicted molar refractivity (Wildman–Crippen MR) is 152 cm³/mol. The molecule has 0 saturated heterocycles. The Hall–Kier alpha value is -4.31. The summed E-state index contributed by atoms with van der Waals surface area (Å²) in [5.74, 6) is 0.330. The van der Waals surface area contributed by atoms with Gasteiger partial charge in [0, 0.05) is 56.1 Å². The van der Waals surface area contributed by atoms with Crippen molar-refractivity contribution in [3.05, 3.63) is 53.9 Å². The van der Waals surface area contributed by atoms with Crippen LogP contribution in [0.5, 0.6) is 5.75 Å². The Labute approximate surface area is 222 Å². The molecule has 3 heterocycles. The molecule has 1 amide bonds. The number of rotatable bonds is 9. The summed E-state index contributed by atoms with van der Waals surface area (Å²) < 4.78 is 7.91. The van der Waals surface area contributed by atoms with Crippen LogP contribution in [0.3, 0.4) is 0 Å². The van der Waals surface area contributed by atoms with Crippen molar-refractivity contribution in [1.29, 1.82) is 0 Å². The van der Waals surface area contributed by atoms with Crippen LogP contribution in [0.4, 0.5) is 23.0 Å². The topological polar surface area (TPSA) is 128 Å². The monoisotopic (exact) mass is 514 g/mol. The van der Waals surface area contributed by atoms with Crippen LogP contribution in [-0.4, -0.2) is 66.7 Å². The zero-order chi connectivity index (χ0) is 27.0. The van der Waals surface area contributed by atoms with Gasteiger partial charge in [0.15, 0.2) is 0 Å². The van der Waals surface area contributed by atoms with Gasteiger partial charge in [0.05, 0.1) is 40.9 Å². The molecule has 0 aliphatic carbocycles. The summed E-state index contributed by atoms with van der Waals surface area (Å²) in [5.41, 5.74) is 18.4. The zero-order valence-electron chi connectivity index (χ0n) is 22.3. The van der Waals surface area contributed by atoms with E-state index in [0.717, 1.165) is 49.1 Å². The zero-order valence-corrected chi connectivity index (χ0v) is 22.3. The van der Waals surface area contributed by atoms with Crippen LogP contribution in [0.25, 0.3) is 22.2 Å². The Morgan fingerprint density at radius 2 is 2.03 bits per heavy atom. The van der Waals surface area contributed by atoms with Gasteiger partial charge >= 0.3 is 0 Å². The molecular formula is C28H34N8O2. The molecule has 5 N–H and O–H groups in total. The number of nitrogen functional groups attached to an aromatic ring is 1. The summed E-state index contributed by atoms with van der Waals surface area (Å²) >= 11 is 0. The fourth-order valence-electron chi connectivity index (χ4n) is 5.05. The first-order valence-corrected chi connectivity index (χ1v) is 12.6. The van der Waals surface area contributed by atoms with Crippen LogP contribution in [0, 0.1) is 0 Å². The largest absolute Gasteiger partial charge is 0.494 e. The number of para-hydroxylation sites is 1. The molecule has 4 aromatic rings. The van der Waals surface area contributed by atoms with Gasteiger partial charge in [-0.15, -0.1) is 0 Å². The van der Waals surface area contributed by atoms with Crippen LogP contribution in [0.15, 0.2) is 42.7 Å². The standard InChI is InChI=1S/C28H34N8O2/c1-34(2)11-12-35(3)23-14-24(38-4)22(13-21(23)29)32-28-31-15-19(27(30)37)25(33-28)20-16-36-10-6-8-17-7-5-9-18(20)26(17)36/h5,7,9,13-16H,6,8,10-12,29H2,1-4H3,(H2,30,37)(H,31,32,33). The molecule has 0 atom stereocenters. The van der Waals surface area contributed by atoms with E-state index in [1.807, 2.05) is 39.3 Å². The number of amides is 1. The fourth-order valence-corrected chi connectivity index (χ4v) is 5.05. The number of ether oxygens (including phenoxy) is 1. The highest BCUT2D eigenvalue weighted by Crippen LogP contribution is 2.38. The Kier molecular flexibility index (Phi) is 6.81. The molecule has 5 rings (SSSR count). The lowest BCUT2D eigenvalue weighted by molar-refractivity contribution is 0.100. The van der Waals surface area contributed by atoms with Gasteiger partial charge in [0.2, 0.25) is 5.95 Å². The van der Waals surface area contributed by atoms with Crippen molar-refractivity contribution in [3.8, 4) is 17.0 Å². The summed E-state index contributed by atoms with van der Waals surface area (Å²) in [7, 11) is 7.68. The quantitative estimate of drug-likeness (QED) is 0.290. The van der Waals surface area contributed by atoms with Crippen molar-refractivity contribution in [2.24, 2.45) is 5.73 Å². The van der Waals surface area contributed by atoms with Gasteiger partial charge < -0.3 is 35.9 Å². The number of benzene rings is 2. The van der Waals surface area contributed by atoms with E-state index >= 15 is 0 Å². The minimum absolute atomic E-state index is 0.267. The number of hydrogen-bond donors (Lipinski definition) is 3. The minimum atomic E-state index is -0.578. The summed E-state index contributed by atoms with van der Waals surface area (Å²) in [6, 6.07) is 9.97. The smallest absolute Gasteiger partial charge is 0.252 e. The molecule has 10 nitrogen and oxygen atoms in total. The number of carbonyl (C=O) groups excluding carboxylic acids is 1. The number of anilines is 4. The van der Waals surface area contributed by atoms with E-state index in [-0.39, 0.29) is 5.56 Å². The van der Waals surface area contributed by atoms with Crippen molar-refractivity contribution in [1.82, 2.24) is 19.4 Å². The van der Waals surface area contributed by atoms with Gasteiger partial charge in [0.25, 0.3) is 5.91 Å². The average Bonchev–Trinajstić information content (AvgIpc) is 3.27. The molecule has 0 bridgehead atoms. The van der Waals surface area contributed by atoms with Gasteiger partial charge in [-0.1, -0.05) is 18.2 Å². The highest BCUT2D eigenvalue weighted by atomic mass is 16.5. The molecule has 1 aliphatic heterocycles. The molecule has 0 saturated carbocycles. The third-order valence-electron chi connectivity index (χ3n) is 7.03. The Balaban J connectivity index is 1.54. The third kappa shape index (κ3) is 4.70. The first kappa shape index (κ1) is 25.3. The lowest BCUT2D eigenvalue weighted by atomic mass is 10.0. The van der Waals surface area contributed by atoms with Crippen molar-refractivity contribution >= 4 is 39.8 Å². The maximum absolute atomic E-state index is 12.4. The van der Waals surface area contributed by atoms with Gasteiger partial charge in [-0.05, 0) is 38.6 Å². The fraction of sp³-hybridized carbons (Fsp3) is 0.321. The van der Waals surface area contributed by atoms with Crippen molar-refractivity contribution < 1.29 is 9.53 Å². The first-order valence-electron chi connectivity index (χ1n) is 12.6. The molecule has 2 aromatic heterocycles. The predicted octanol–water partition coefficient (Wildman–Crippen LogP) is 3.48. The molecule has 0 unspecified atom stereocenters. The van der Waals surface area contributed by atoms with E-state index in [1.165, 1.54) is 17.3 Å². The number of likely N-dealkylation sites (N-methyl/N-ethyl adjacent to an activating group) is 2. The number of carbonyl (C=O) groups is 1. The van der Waals surface area contributed by atoms with Crippen LogP contribution in [0.2, 0.25) is 0 Å². The van der Waals surface area contributed by atoms with Crippen molar-refractivity contribution in [3.63, 3.8) is 0 Å². The number of nitrogens with two attached hydrogens (primary N) is 2. The van der Waals surface area contributed by atoms with E-state index in [1.54, 1.807) is 7.11 Å². The highest BCUT2D eigenvalue weighted by Gasteiger charge is 2.22. The first-order chi connectivity index (χ1) is 18.3. The van der Waals surface area contributed by atoms with Crippen LogP contribution in [0.1, 0.15) is 22.3 Å². The molecule has 1 aliphatic rings. The van der Waals surface area contributed by atoms with Gasteiger partial charge in [0.1, 0.15) is 5.75 Å². The number of nitrogens with one attached hydrogen (secondary N) is 1. The molecule has 0 spiro atoms. The summed E-state index contributed by atoms with van der Waals surface area (Å²) in [4.78, 5) is 25.7. The van der Waals surface area contributed by atoms with E-state index in [0.29, 0.717) is 28.8 Å². The SMILES string of the molecule is COc1cc(N(C)CCN(C)C)c(N)cc1Nc1ncc(C(N)=O)c(-c2cn3c4c(cccc24)CCC3)n1. The van der Waals surface area contributed by atoms with Crippen LogP contribution < -0.4 is 26.4 Å². The molecule has 0 fully saturated rings. The van der Waals surface area contributed by atoms with Crippen LogP contribution in [-0.2, 0) is 13.0 Å². The highest BCUT2D eigenvalue weighted by molar-refractivity contribution is 6.05.